The predicted molar refractivity (Wildman–Crippen MR) is 51.3 cm³/mol. The van der Waals surface area contributed by atoms with Crippen LogP contribution < -0.4 is 5.73 Å². The summed E-state index contributed by atoms with van der Waals surface area (Å²) in [6.07, 6.45) is 0. The third kappa shape index (κ3) is 1.51. The predicted octanol–water partition coefficient (Wildman–Crippen LogP) is 2.16. The van der Waals surface area contributed by atoms with Gasteiger partial charge in [0.25, 0.3) is 0 Å². The highest BCUT2D eigenvalue weighted by molar-refractivity contribution is 5.81. The zero-order valence-electron chi connectivity index (χ0n) is 7.41. The second kappa shape index (κ2) is 3.11. The van der Waals surface area contributed by atoms with Gasteiger partial charge in [0, 0.05) is 18.2 Å². The van der Waals surface area contributed by atoms with E-state index >= 15 is 0 Å². The summed E-state index contributed by atoms with van der Waals surface area (Å²) in [7, 11) is 1.64. The molecule has 0 bridgehead atoms. The zero-order valence-corrected chi connectivity index (χ0v) is 7.41. The molecule has 1 aromatic carbocycles. The molecule has 0 radical (unpaired) electrons. The molecule has 0 amide bonds. The van der Waals surface area contributed by atoms with Crippen LogP contribution in [0.25, 0.3) is 11.0 Å². The number of rotatable bonds is 2. The molecule has 0 spiro atoms. The van der Waals surface area contributed by atoms with E-state index in [1.165, 1.54) is 0 Å². The summed E-state index contributed by atoms with van der Waals surface area (Å²) in [5, 5.41) is 1.02. The topological polar surface area (TPSA) is 48.4 Å². The highest BCUT2D eigenvalue weighted by Gasteiger charge is 2.02. The summed E-state index contributed by atoms with van der Waals surface area (Å²) >= 11 is 0. The molecule has 68 valence electrons. The standard InChI is InChI=1S/C10H11NO2/c1-12-6-9-5-7-4-8(11)2-3-10(7)13-9/h2-5H,6,11H2,1H3. The lowest BCUT2D eigenvalue weighted by molar-refractivity contribution is 0.166. The number of ether oxygens (including phenoxy) is 1. The monoisotopic (exact) mass is 177 g/mol. The minimum absolute atomic E-state index is 0.495. The summed E-state index contributed by atoms with van der Waals surface area (Å²) in [5.74, 6) is 0.822. The molecule has 0 atom stereocenters. The van der Waals surface area contributed by atoms with Crippen molar-refractivity contribution in [2.24, 2.45) is 0 Å². The van der Waals surface area contributed by atoms with Crippen LogP contribution >= 0.6 is 0 Å². The molecule has 2 N–H and O–H groups in total. The Hall–Kier alpha value is -1.48. The van der Waals surface area contributed by atoms with Gasteiger partial charge in [0.2, 0.25) is 0 Å². The normalized spacial score (nSPS) is 10.8. The summed E-state index contributed by atoms with van der Waals surface area (Å²) in [5.41, 5.74) is 7.23. The fraction of sp³-hybridized carbons (Fsp3) is 0.200. The van der Waals surface area contributed by atoms with Crippen molar-refractivity contribution in [3.63, 3.8) is 0 Å². The van der Waals surface area contributed by atoms with Crippen molar-refractivity contribution in [3.8, 4) is 0 Å². The summed E-state index contributed by atoms with van der Waals surface area (Å²) < 4.78 is 10.4. The Balaban J connectivity index is 2.49. The van der Waals surface area contributed by atoms with Crippen LogP contribution in [-0.2, 0) is 11.3 Å². The average Bonchev–Trinajstić information content (AvgIpc) is 2.46. The number of nitrogen functional groups attached to an aromatic ring is 1. The van der Waals surface area contributed by atoms with Crippen molar-refractivity contribution in [1.29, 1.82) is 0 Å². The first-order valence-electron chi connectivity index (χ1n) is 4.06. The molecule has 0 saturated carbocycles. The quantitative estimate of drug-likeness (QED) is 0.715. The van der Waals surface area contributed by atoms with Crippen molar-refractivity contribution < 1.29 is 9.15 Å². The van der Waals surface area contributed by atoms with Gasteiger partial charge in [-0.15, -0.1) is 0 Å². The van der Waals surface area contributed by atoms with Gasteiger partial charge in [-0.05, 0) is 24.3 Å². The number of fused-ring (bicyclic) bond motifs is 1. The molecule has 0 aliphatic carbocycles. The van der Waals surface area contributed by atoms with E-state index in [1.54, 1.807) is 7.11 Å². The van der Waals surface area contributed by atoms with Gasteiger partial charge in [0.15, 0.2) is 0 Å². The fourth-order valence-corrected chi connectivity index (χ4v) is 1.33. The molecule has 0 saturated heterocycles. The van der Waals surface area contributed by atoms with Crippen molar-refractivity contribution in [3.05, 3.63) is 30.0 Å². The molecule has 3 heteroatoms. The second-order valence-corrected chi connectivity index (χ2v) is 2.94. The third-order valence-electron chi connectivity index (χ3n) is 1.88. The van der Waals surface area contributed by atoms with E-state index in [0.29, 0.717) is 6.61 Å². The van der Waals surface area contributed by atoms with Crippen molar-refractivity contribution >= 4 is 16.7 Å². The van der Waals surface area contributed by atoms with E-state index < -0.39 is 0 Å². The Labute approximate surface area is 76.1 Å². The number of anilines is 1. The van der Waals surface area contributed by atoms with Gasteiger partial charge in [-0.25, -0.2) is 0 Å². The fourth-order valence-electron chi connectivity index (χ4n) is 1.33. The van der Waals surface area contributed by atoms with Crippen LogP contribution in [-0.4, -0.2) is 7.11 Å². The molecule has 1 heterocycles. The molecular weight excluding hydrogens is 166 g/mol. The lowest BCUT2D eigenvalue weighted by atomic mass is 10.2. The highest BCUT2D eigenvalue weighted by atomic mass is 16.5. The van der Waals surface area contributed by atoms with Gasteiger partial charge in [0.1, 0.15) is 18.0 Å². The second-order valence-electron chi connectivity index (χ2n) is 2.94. The first-order valence-corrected chi connectivity index (χ1v) is 4.06. The van der Waals surface area contributed by atoms with Gasteiger partial charge < -0.3 is 14.9 Å². The number of nitrogens with two attached hydrogens (primary N) is 1. The van der Waals surface area contributed by atoms with Crippen molar-refractivity contribution in [2.75, 3.05) is 12.8 Å². The molecule has 3 nitrogen and oxygen atoms in total. The Bertz CT molecular complexity index is 420. The zero-order chi connectivity index (χ0) is 9.26. The molecule has 2 aromatic rings. The molecule has 13 heavy (non-hydrogen) atoms. The lowest BCUT2D eigenvalue weighted by Gasteiger charge is -1.90. The van der Waals surface area contributed by atoms with Gasteiger partial charge in [0.05, 0.1) is 0 Å². The van der Waals surface area contributed by atoms with E-state index in [-0.39, 0.29) is 0 Å². The van der Waals surface area contributed by atoms with E-state index in [4.69, 9.17) is 14.9 Å². The Morgan fingerprint density at radius 1 is 1.38 bits per heavy atom. The third-order valence-corrected chi connectivity index (χ3v) is 1.88. The number of furan rings is 1. The molecule has 1 aromatic heterocycles. The summed E-state index contributed by atoms with van der Waals surface area (Å²) in [6, 6.07) is 7.51. The Morgan fingerprint density at radius 3 is 3.00 bits per heavy atom. The Kier molecular flexibility index (Phi) is 1.94. The summed E-state index contributed by atoms with van der Waals surface area (Å²) in [6.45, 7) is 0.495. The maximum absolute atomic E-state index is 5.63. The van der Waals surface area contributed by atoms with Crippen molar-refractivity contribution in [2.45, 2.75) is 6.61 Å². The van der Waals surface area contributed by atoms with Gasteiger partial charge in [-0.3, -0.25) is 0 Å². The number of methoxy groups -OCH3 is 1. The van der Waals surface area contributed by atoms with Crippen LogP contribution in [0.4, 0.5) is 5.69 Å². The molecule has 0 fully saturated rings. The van der Waals surface area contributed by atoms with Crippen LogP contribution in [0.15, 0.2) is 28.7 Å². The first-order chi connectivity index (χ1) is 6.29. The number of hydrogen-bond donors (Lipinski definition) is 1. The van der Waals surface area contributed by atoms with Gasteiger partial charge in [-0.1, -0.05) is 0 Å². The van der Waals surface area contributed by atoms with Crippen LogP contribution in [0, 0.1) is 0 Å². The number of benzene rings is 1. The van der Waals surface area contributed by atoms with E-state index in [2.05, 4.69) is 0 Å². The molecule has 0 unspecified atom stereocenters. The smallest absolute Gasteiger partial charge is 0.134 e. The van der Waals surface area contributed by atoms with Gasteiger partial charge in [-0.2, -0.15) is 0 Å². The van der Waals surface area contributed by atoms with E-state index in [0.717, 1.165) is 22.4 Å². The van der Waals surface area contributed by atoms with Crippen LogP contribution in [0.2, 0.25) is 0 Å². The molecule has 0 aliphatic heterocycles. The SMILES string of the molecule is COCc1cc2cc(N)ccc2o1. The molecule has 0 aliphatic rings. The largest absolute Gasteiger partial charge is 0.459 e. The van der Waals surface area contributed by atoms with Crippen LogP contribution in [0.5, 0.6) is 0 Å². The van der Waals surface area contributed by atoms with Crippen molar-refractivity contribution in [1.82, 2.24) is 0 Å². The maximum atomic E-state index is 5.63. The number of hydrogen-bond acceptors (Lipinski definition) is 3. The average molecular weight is 177 g/mol. The summed E-state index contributed by atoms with van der Waals surface area (Å²) in [4.78, 5) is 0. The molecule has 2 rings (SSSR count). The Morgan fingerprint density at radius 2 is 2.23 bits per heavy atom. The minimum atomic E-state index is 0.495. The van der Waals surface area contributed by atoms with E-state index in [1.807, 2.05) is 24.3 Å². The van der Waals surface area contributed by atoms with Gasteiger partial charge >= 0.3 is 0 Å². The highest BCUT2D eigenvalue weighted by Crippen LogP contribution is 2.21. The lowest BCUT2D eigenvalue weighted by Crippen LogP contribution is -1.81. The van der Waals surface area contributed by atoms with Crippen LogP contribution in [0.3, 0.4) is 0 Å². The molecular formula is C10H11NO2. The minimum Gasteiger partial charge on any atom is -0.459 e. The maximum Gasteiger partial charge on any atom is 0.134 e. The van der Waals surface area contributed by atoms with E-state index in [9.17, 15) is 0 Å². The van der Waals surface area contributed by atoms with Crippen LogP contribution in [0.1, 0.15) is 5.76 Å². The first kappa shape index (κ1) is 8.13.